The van der Waals surface area contributed by atoms with E-state index in [-0.39, 0.29) is 17.8 Å². The van der Waals surface area contributed by atoms with Gasteiger partial charge in [-0.1, -0.05) is 0 Å². The minimum absolute atomic E-state index is 0.0251. The number of benzene rings is 1. The topological polar surface area (TPSA) is 41.1 Å². The van der Waals surface area contributed by atoms with Crippen LogP contribution in [0.25, 0.3) is 0 Å². The molecule has 0 saturated heterocycles. The minimum atomic E-state index is -0.275. The van der Waals surface area contributed by atoms with E-state index in [1.165, 1.54) is 6.07 Å². The van der Waals surface area contributed by atoms with Crippen molar-refractivity contribution < 1.29 is 9.18 Å². The molecule has 4 heteroatoms. The van der Waals surface area contributed by atoms with Gasteiger partial charge in [0.25, 0.3) is 0 Å². The smallest absolute Gasteiger partial charge is 0.224 e. The van der Waals surface area contributed by atoms with Gasteiger partial charge in [-0.2, -0.15) is 0 Å². The van der Waals surface area contributed by atoms with Gasteiger partial charge in [-0.15, -0.1) is 0 Å². The van der Waals surface area contributed by atoms with Crippen molar-refractivity contribution in [1.82, 2.24) is 5.32 Å². The molecule has 1 aromatic rings. The van der Waals surface area contributed by atoms with Gasteiger partial charge in [-0.3, -0.25) is 4.79 Å². The second-order valence-electron chi connectivity index (χ2n) is 4.09. The molecule has 0 bridgehead atoms. The predicted molar refractivity (Wildman–Crippen MR) is 60.8 cm³/mol. The summed E-state index contributed by atoms with van der Waals surface area (Å²) in [6, 6.07) is 3.23. The van der Waals surface area contributed by atoms with Crippen LogP contribution in [0.2, 0.25) is 0 Å². The number of hydrogen-bond donors (Lipinski definition) is 2. The first-order valence-corrected chi connectivity index (χ1v) is 5.41. The van der Waals surface area contributed by atoms with Crippen LogP contribution in [0.1, 0.15) is 30.5 Å². The van der Waals surface area contributed by atoms with E-state index in [1.54, 1.807) is 7.05 Å². The summed E-state index contributed by atoms with van der Waals surface area (Å²) in [5.41, 5.74) is 2.27. The van der Waals surface area contributed by atoms with E-state index in [9.17, 15) is 9.18 Å². The molecule has 1 aliphatic rings. The average Bonchev–Trinajstić information content (AvgIpc) is 2.27. The van der Waals surface area contributed by atoms with Crippen molar-refractivity contribution in [1.29, 1.82) is 0 Å². The zero-order valence-electron chi connectivity index (χ0n) is 9.43. The van der Waals surface area contributed by atoms with E-state index in [0.29, 0.717) is 24.1 Å². The Morgan fingerprint density at radius 2 is 2.19 bits per heavy atom. The number of carbonyl (C=O) groups is 1. The molecule has 0 spiro atoms. The lowest BCUT2D eigenvalue weighted by Crippen LogP contribution is -2.21. The zero-order valence-corrected chi connectivity index (χ0v) is 9.43. The summed E-state index contributed by atoms with van der Waals surface area (Å²) >= 11 is 0. The number of rotatable bonds is 2. The van der Waals surface area contributed by atoms with Gasteiger partial charge < -0.3 is 10.6 Å². The molecule has 2 rings (SSSR count). The predicted octanol–water partition coefficient (Wildman–Crippen LogP) is 1.99. The Morgan fingerprint density at radius 1 is 1.44 bits per heavy atom. The van der Waals surface area contributed by atoms with Gasteiger partial charge in [-0.05, 0) is 38.1 Å². The fourth-order valence-electron chi connectivity index (χ4n) is 1.91. The van der Waals surface area contributed by atoms with Crippen molar-refractivity contribution in [2.75, 3.05) is 12.4 Å². The number of aryl methyl sites for hydroxylation is 1. The van der Waals surface area contributed by atoms with Crippen LogP contribution < -0.4 is 10.6 Å². The molecule has 0 fully saturated rings. The van der Waals surface area contributed by atoms with Crippen LogP contribution in [0.5, 0.6) is 0 Å². The highest BCUT2D eigenvalue weighted by molar-refractivity contribution is 5.93. The number of carbonyl (C=O) groups excluding carboxylic acids is 1. The third-order valence-electron chi connectivity index (χ3n) is 3.02. The Labute approximate surface area is 94.0 Å². The summed E-state index contributed by atoms with van der Waals surface area (Å²) in [6.45, 7) is 1.91. The van der Waals surface area contributed by atoms with Crippen molar-refractivity contribution in [2.24, 2.45) is 0 Å². The van der Waals surface area contributed by atoms with Gasteiger partial charge >= 0.3 is 0 Å². The number of nitrogens with one attached hydrogen (secondary N) is 2. The normalized spacial score (nSPS) is 16.6. The standard InChI is InChI=1S/C12H15FN2O/c1-7(14-2)9-5-8-3-4-12(16)15-11(8)6-10(9)13/h5-7,14H,3-4H2,1-2H3,(H,15,16). The van der Waals surface area contributed by atoms with E-state index in [4.69, 9.17) is 0 Å². The monoisotopic (exact) mass is 222 g/mol. The van der Waals surface area contributed by atoms with Gasteiger partial charge in [0.15, 0.2) is 0 Å². The molecule has 0 saturated carbocycles. The van der Waals surface area contributed by atoms with Crippen LogP contribution in [0.15, 0.2) is 12.1 Å². The molecule has 1 unspecified atom stereocenters. The maximum Gasteiger partial charge on any atom is 0.224 e. The van der Waals surface area contributed by atoms with E-state index in [1.807, 2.05) is 13.0 Å². The van der Waals surface area contributed by atoms with Gasteiger partial charge in [0, 0.05) is 23.7 Å². The summed E-state index contributed by atoms with van der Waals surface area (Å²) in [4.78, 5) is 11.2. The highest BCUT2D eigenvalue weighted by Gasteiger charge is 2.19. The molecule has 3 nitrogen and oxygen atoms in total. The Morgan fingerprint density at radius 3 is 2.88 bits per heavy atom. The quantitative estimate of drug-likeness (QED) is 0.803. The van der Waals surface area contributed by atoms with E-state index >= 15 is 0 Å². The SMILES string of the molecule is CNC(C)c1cc2c(cc1F)NC(=O)CC2. The average molecular weight is 222 g/mol. The maximum atomic E-state index is 13.8. The molecule has 1 amide bonds. The number of halogens is 1. The Bertz CT molecular complexity index is 431. The molecule has 86 valence electrons. The molecule has 2 N–H and O–H groups in total. The van der Waals surface area contributed by atoms with Crippen LogP contribution in [0, 0.1) is 5.82 Å². The van der Waals surface area contributed by atoms with E-state index < -0.39 is 0 Å². The third-order valence-corrected chi connectivity index (χ3v) is 3.02. The second-order valence-corrected chi connectivity index (χ2v) is 4.09. The summed E-state index contributed by atoms with van der Waals surface area (Å²) in [5, 5.41) is 5.70. The molecule has 0 radical (unpaired) electrons. The molecule has 0 aliphatic carbocycles. The lowest BCUT2D eigenvalue weighted by atomic mass is 9.97. The first-order valence-electron chi connectivity index (χ1n) is 5.41. The molecule has 1 atom stereocenters. The van der Waals surface area contributed by atoms with Crippen molar-refractivity contribution in [3.63, 3.8) is 0 Å². The fourth-order valence-corrected chi connectivity index (χ4v) is 1.91. The summed E-state index contributed by atoms with van der Waals surface area (Å²) in [5.74, 6) is -0.316. The Hall–Kier alpha value is -1.42. The number of hydrogen-bond acceptors (Lipinski definition) is 2. The molecule has 0 aromatic heterocycles. The molecule has 1 aliphatic heterocycles. The maximum absolute atomic E-state index is 13.8. The van der Waals surface area contributed by atoms with Crippen molar-refractivity contribution >= 4 is 11.6 Å². The molecule has 1 heterocycles. The van der Waals surface area contributed by atoms with Crippen LogP contribution in [-0.4, -0.2) is 13.0 Å². The van der Waals surface area contributed by atoms with Crippen molar-refractivity contribution in [3.05, 3.63) is 29.1 Å². The first kappa shape index (κ1) is 11.1. The van der Waals surface area contributed by atoms with Crippen LogP contribution in [-0.2, 0) is 11.2 Å². The van der Waals surface area contributed by atoms with Gasteiger partial charge in [0.2, 0.25) is 5.91 Å². The zero-order chi connectivity index (χ0) is 11.7. The lowest BCUT2D eigenvalue weighted by Gasteiger charge is -2.20. The Balaban J connectivity index is 2.41. The Kier molecular flexibility index (Phi) is 2.92. The fraction of sp³-hybridized carbons (Fsp3) is 0.417. The highest BCUT2D eigenvalue weighted by atomic mass is 19.1. The van der Waals surface area contributed by atoms with Gasteiger partial charge in [0.05, 0.1) is 0 Å². The second kappa shape index (κ2) is 4.22. The number of amides is 1. The lowest BCUT2D eigenvalue weighted by molar-refractivity contribution is -0.116. The van der Waals surface area contributed by atoms with Gasteiger partial charge in [0.1, 0.15) is 5.82 Å². The highest BCUT2D eigenvalue weighted by Crippen LogP contribution is 2.28. The van der Waals surface area contributed by atoms with Crippen molar-refractivity contribution in [3.8, 4) is 0 Å². The van der Waals surface area contributed by atoms with E-state index in [0.717, 1.165) is 5.56 Å². The van der Waals surface area contributed by atoms with Crippen molar-refractivity contribution in [2.45, 2.75) is 25.8 Å². The van der Waals surface area contributed by atoms with Crippen LogP contribution in [0.4, 0.5) is 10.1 Å². The molecular weight excluding hydrogens is 207 g/mol. The molecule has 16 heavy (non-hydrogen) atoms. The van der Waals surface area contributed by atoms with Crippen LogP contribution in [0.3, 0.4) is 0 Å². The van der Waals surface area contributed by atoms with Crippen LogP contribution >= 0.6 is 0 Å². The number of fused-ring (bicyclic) bond motifs is 1. The van der Waals surface area contributed by atoms with E-state index in [2.05, 4.69) is 10.6 Å². The largest absolute Gasteiger partial charge is 0.326 e. The third kappa shape index (κ3) is 1.93. The summed E-state index contributed by atoms with van der Waals surface area (Å²) in [6.07, 6.45) is 1.16. The summed E-state index contributed by atoms with van der Waals surface area (Å²) < 4.78 is 13.8. The molecule has 1 aromatic carbocycles. The summed E-state index contributed by atoms with van der Waals surface area (Å²) in [7, 11) is 1.80. The minimum Gasteiger partial charge on any atom is -0.326 e. The molecular formula is C12H15FN2O. The van der Waals surface area contributed by atoms with Gasteiger partial charge in [-0.25, -0.2) is 4.39 Å². The first-order chi connectivity index (χ1) is 7.61. The number of anilines is 1.